The van der Waals surface area contributed by atoms with E-state index >= 15 is 0 Å². The Balaban J connectivity index is 1.19. The molecule has 0 aliphatic heterocycles. The van der Waals surface area contributed by atoms with Crippen LogP contribution in [0.1, 0.15) is 0 Å². The number of benzene rings is 7. The van der Waals surface area contributed by atoms with Crippen LogP contribution < -0.4 is 0 Å². The molecule has 0 spiro atoms. The largest absolute Gasteiger partial charge is 0.264 e. The molecule has 0 radical (unpaired) electrons. The molecule has 0 unspecified atom stereocenters. The molecule has 212 valence electrons. The minimum Gasteiger partial charge on any atom is -0.264 e. The summed E-state index contributed by atoms with van der Waals surface area (Å²) >= 11 is 0. The van der Waals surface area contributed by atoms with Gasteiger partial charge in [-0.15, -0.1) is 0 Å². The van der Waals surface area contributed by atoms with Gasteiger partial charge in [0.25, 0.3) is 0 Å². The summed E-state index contributed by atoms with van der Waals surface area (Å²) < 4.78 is 0. The van der Waals surface area contributed by atoms with Gasteiger partial charge in [-0.05, 0) is 84.5 Å². The van der Waals surface area contributed by atoms with Gasteiger partial charge >= 0.3 is 0 Å². The number of nitrogens with zero attached hydrogens (tertiary/aromatic N) is 3. The van der Waals surface area contributed by atoms with Crippen molar-refractivity contribution in [3.05, 3.63) is 152 Å². The van der Waals surface area contributed by atoms with Crippen LogP contribution in [0, 0.1) is 0 Å². The Morgan fingerprint density at radius 3 is 1.70 bits per heavy atom. The third-order valence-electron chi connectivity index (χ3n) is 9.48. The highest BCUT2D eigenvalue weighted by Gasteiger charge is 2.16. The van der Waals surface area contributed by atoms with E-state index in [1.807, 2.05) is 18.3 Å². The van der Waals surface area contributed by atoms with Gasteiger partial charge < -0.3 is 0 Å². The third-order valence-corrected chi connectivity index (χ3v) is 9.48. The Bertz CT molecular complexity index is 2800. The van der Waals surface area contributed by atoms with Gasteiger partial charge in [0.2, 0.25) is 0 Å². The van der Waals surface area contributed by atoms with E-state index in [1.165, 1.54) is 54.2 Å². The van der Waals surface area contributed by atoms with E-state index in [0.29, 0.717) is 0 Å². The van der Waals surface area contributed by atoms with Gasteiger partial charge in [0.05, 0.1) is 22.4 Å². The topological polar surface area (TPSA) is 38.7 Å². The molecule has 0 amide bonds. The summed E-state index contributed by atoms with van der Waals surface area (Å²) in [4.78, 5) is 14.7. The van der Waals surface area contributed by atoms with Crippen molar-refractivity contribution in [2.75, 3.05) is 0 Å². The Hall–Kier alpha value is -6.19. The first-order valence-corrected chi connectivity index (χ1v) is 15.6. The summed E-state index contributed by atoms with van der Waals surface area (Å²) in [5.41, 5.74) is 8.25. The number of rotatable bonds is 3. The molecule has 3 aromatic heterocycles. The van der Waals surface area contributed by atoms with E-state index in [0.717, 1.165) is 44.3 Å². The van der Waals surface area contributed by atoms with Crippen LogP contribution >= 0.6 is 0 Å². The van der Waals surface area contributed by atoms with Gasteiger partial charge in [0.15, 0.2) is 0 Å². The maximum Gasteiger partial charge on any atom is 0.0972 e. The predicted octanol–water partition coefficient (Wildman–Crippen LogP) is 11.2. The molecule has 3 heterocycles. The van der Waals surface area contributed by atoms with Crippen LogP contribution in [0.4, 0.5) is 0 Å². The molecule has 0 saturated heterocycles. The Morgan fingerprint density at radius 2 is 0.957 bits per heavy atom. The predicted molar refractivity (Wildman–Crippen MR) is 192 cm³/mol. The van der Waals surface area contributed by atoms with Crippen molar-refractivity contribution in [3.8, 4) is 33.6 Å². The van der Waals surface area contributed by atoms with E-state index in [4.69, 9.17) is 9.97 Å². The zero-order chi connectivity index (χ0) is 30.2. The summed E-state index contributed by atoms with van der Waals surface area (Å²) in [6, 6.07) is 50.2. The molecular weight excluding hydrogens is 558 g/mol. The number of hydrogen-bond acceptors (Lipinski definition) is 3. The Kier molecular flexibility index (Phi) is 5.28. The van der Waals surface area contributed by atoms with Crippen LogP contribution in [0.5, 0.6) is 0 Å². The SMILES string of the molecule is c1cncc(-c2ccc3ccc4ccc(-c5ccc6ccc7c(-c8ccc9ccccc9c8)ccc8ccc5c6c87)nc4c3n2)c1. The number of aromatic nitrogens is 3. The lowest BCUT2D eigenvalue weighted by molar-refractivity contribution is 1.30. The summed E-state index contributed by atoms with van der Waals surface area (Å²) in [6.07, 6.45) is 3.64. The average molecular weight is 584 g/mol. The van der Waals surface area contributed by atoms with Crippen molar-refractivity contribution in [1.29, 1.82) is 0 Å². The van der Waals surface area contributed by atoms with Gasteiger partial charge in [-0.2, -0.15) is 0 Å². The zero-order valence-corrected chi connectivity index (χ0v) is 24.8. The molecule has 0 aliphatic carbocycles. The maximum absolute atomic E-state index is 5.31. The number of fused-ring (bicyclic) bond motifs is 4. The molecule has 0 aliphatic rings. The molecule has 10 aromatic rings. The van der Waals surface area contributed by atoms with Crippen molar-refractivity contribution in [2.45, 2.75) is 0 Å². The summed E-state index contributed by atoms with van der Waals surface area (Å²) in [6.45, 7) is 0. The quantitative estimate of drug-likeness (QED) is 0.194. The average Bonchev–Trinajstić information content (AvgIpc) is 3.13. The minimum atomic E-state index is 0.894. The first-order chi connectivity index (χ1) is 22.8. The van der Waals surface area contributed by atoms with Crippen molar-refractivity contribution < 1.29 is 0 Å². The fourth-order valence-electron chi connectivity index (χ4n) is 7.23. The fraction of sp³-hybridized carbons (Fsp3) is 0. The first-order valence-electron chi connectivity index (χ1n) is 15.6. The molecule has 46 heavy (non-hydrogen) atoms. The van der Waals surface area contributed by atoms with E-state index in [2.05, 4.69) is 132 Å². The monoisotopic (exact) mass is 583 g/mol. The van der Waals surface area contributed by atoms with Crippen LogP contribution in [0.3, 0.4) is 0 Å². The molecule has 3 nitrogen and oxygen atoms in total. The summed E-state index contributed by atoms with van der Waals surface area (Å²) in [7, 11) is 0. The summed E-state index contributed by atoms with van der Waals surface area (Å²) in [5, 5.41) is 12.2. The highest BCUT2D eigenvalue weighted by molar-refractivity contribution is 6.27. The van der Waals surface area contributed by atoms with Crippen molar-refractivity contribution in [3.63, 3.8) is 0 Å². The van der Waals surface area contributed by atoms with Gasteiger partial charge in [0.1, 0.15) is 0 Å². The molecular formula is C43H25N3. The van der Waals surface area contributed by atoms with Crippen molar-refractivity contribution >= 4 is 64.9 Å². The van der Waals surface area contributed by atoms with Crippen LogP contribution in [0.2, 0.25) is 0 Å². The molecule has 10 rings (SSSR count). The molecule has 7 aromatic carbocycles. The van der Waals surface area contributed by atoms with Crippen LogP contribution in [-0.4, -0.2) is 15.0 Å². The number of pyridine rings is 3. The highest BCUT2D eigenvalue weighted by Crippen LogP contribution is 2.42. The second-order valence-electron chi connectivity index (χ2n) is 12.1. The second kappa shape index (κ2) is 9.65. The molecule has 0 fully saturated rings. The lowest BCUT2D eigenvalue weighted by atomic mass is 9.87. The third kappa shape index (κ3) is 3.75. The van der Waals surface area contributed by atoms with Crippen LogP contribution in [0.15, 0.2) is 152 Å². The highest BCUT2D eigenvalue weighted by atomic mass is 14.8. The first kappa shape index (κ1) is 25.2. The van der Waals surface area contributed by atoms with Crippen LogP contribution in [0.25, 0.3) is 98.5 Å². The van der Waals surface area contributed by atoms with Crippen LogP contribution in [-0.2, 0) is 0 Å². The lowest BCUT2D eigenvalue weighted by Gasteiger charge is -2.17. The molecule has 0 bridgehead atoms. The van der Waals surface area contributed by atoms with E-state index in [-0.39, 0.29) is 0 Å². The van der Waals surface area contributed by atoms with Crippen molar-refractivity contribution in [1.82, 2.24) is 15.0 Å². The maximum atomic E-state index is 5.31. The lowest BCUT2D eigenvalue weighted by Crippen LogP contribution is -1.93. The van der Waals surface area contributed by atoms with Gasteiger partial charge in [-0.3, -0.25) is 4.98 Å². The summed E-state index contributed by atoms with van der Waals surface area (Å²) in [5.74, 6) is 0. The van der Waals surface area contributed by atoms with Gasteiger partial charge in [-0.1, -0.05) is 109 Å². The minimum absolute atomic E-state index is 0.894. The van der Waals surface area contributed by atoms with Gasteiger partial charge in [-0.25, -0.2) is 9.97 Å². The second-order valence-corrected chi connectivity index (χ2v) is 12.1. The molecule has 0 N–H and O–H groups in total. The molecule has 0 atom stereocenters. The standard InChI is InChI=1S/C43H25N3/c1-2-5-31-24-32(10-7-26(31)4-1)34-17-11-27-14-20-37-35(18-12-28-13-19-36(34)40(27)41(28)37)39-22-16-30-9-8-29-15-21-38(33-6-3-23-44-25-33)45-42(29)43(30)46-39/h1-25H. The Labute approximate surface area is 264 Å². The van der Waals surface area contributed by atoms with E-state index in [1.54, 1.807) is 6.20 Å². The normalized spacial score (nSPS) is 11.9. The van der Waals surface area contributed by atoms with Gasteiger partial charge in [0, 0.05) is 34.3 Å². The number of hydrogen-bond donors (Lipinski definition) is 0. The fourth-order valence-corrected chi connectivity index (χ4v) is 7.23. The van der Waals surface area contributed by atoms with E-state index in [9.17, 15) is 0 Å². The molecule has 3 heteroatoms. The molecule has 0 saturated carbocycles. The van der Waals surface area contributed by atoms with E-state index < -0.39 is 0 Å². The van der Waals surface area contributed by atoms with Crippen molar-refractivity contribution in [2.24, 2.45) is 0 Å². The zero-order valence-electron chi connectivity index (χ0n) is 24.8. The Morgan fingerprint density at radius 1 is 0.370 bits per heavy atom. The smallest absolute Gasteiger partial charge is 0.0972 e.